The lowest BCUT2D eigenvalue weighted by atomic mass is 9.98. The van der Waals surface area contributed by atoms with E-state index in [1.165, 1.54) is 0 Å². The van der Waals surface area contributed by atoms with Gasteiger partial charge in [-0.1, -0.05) is 37.6 Å². The van der Waals surface area contributed by atoms with Gasteiger partial charge in [-0.15, -0.1) is 5.10 Å². The maximum atomic E-state index is 13.2. The number of rotatable bonds is 8. The van der Waals surface area contributed by atoms with Crippen LogP contribution in [0.15, 0.2) is 53.3 Å². The Balaban J connectivity index is 1.80. The van der Waals surface area contributed by atoms with Crippen LogP contribution in [-0.2, 0) is 18.6 Å². The highest BCUT2D eigenvalue weighted by atomic mass is 16.5. The second-order valence-electron chi connectivity index (χ2n) is 10.8. The Morgan fingerprint density at radius 1 is 1.06 bits per heavy atom. The summed E-state index contributed by atoms with van der Waals surface area (Å²) in [6.45, 7) is 13.7. The molecule has 1 unspecified atom stereocenters. The van der Waals surface area contributed by atoms with Crippen molar-refractivity contribution in [2.45, 2.75) is 66.2 Å². The van der Waals surface area contributed by atoms with Gasteiger partial charge in [0.05, 0.1) is 18.7 Å². The first-order chi connectivity index (χ1) is 17.1. The topological polar surface area (TPSA) is 88.9 Å². The second kappa shape index (κ2) is 10.2. The summed E-state index contributed by atoms with van der Waals surface area (Å²) in [7, 11) is 1.66. The van der Waals surface area contributed by atoms with Crippen molar-refractivity contribution < 1.29 is 4.74 Å². The number of benzene rings is 2. The molecule has 190 valence electrons. The molecule has 0 saturated heterocycles. The lowest BCUT2D eigenvalue weighted by Crippen LogP contribution is -2.37. The van der Waals surface area contributed by atoms with Gasteiger partial charge in [-0.25, -0.2) is 4.68 Å². The number of ether oxygens (including phenoxy) is 1. The van der Waals surface area contributed by atoms with Crippen LogP contribution in [0, 0.1) is 12.8 Å². The summed E-state index contributed by atoms with van der Waals surface area (Å²) in [5.74, 6) is 1.79. The normalized spacial score (nSPS) is 13.0. The summed E-state index contributed by atoms with van der Waals surface area (Å²) in [6.07, 6.45) is 0. The van der Waals surface area contributed by atoms with Crippen molar-refractivity contribution in [3.05, 3.63) is 81.4 Å². The van der Waals surface area contributed by atoms with Crippen LogP contribution in [-0.4, -0.2) is 37.2 Å². The Morgan fingerprint density at radius 2 is 1.78 bits per heavy atom. The van der Waals surface area contributed by atoms with E-state index < -0.39 is 0 Å². The fourth-order valence-electron chi connectivity index (χ4n) is 4.66. The molecule has 0 amide bonds. The van der Waals surface area contributed by atoms with E-state index in [0.717, 1.165) is 33.6 Å². The molecule has 0 radical (unpaired) electrons. The van der Waals surface area contributed by atoms with E-state index in [9.17, 15) is 4.79 Å². The van der Waals surface area contributed by atoms with Crippen LogP contribution in [0.3, 0.4) is 0 Å². The Bertz CT molecular complexity index is 1380. The van der Waals surface area contributed by atoms with Gasteiger partial charge in [0.25, 0.3) is 5.56 Å². The zero-order chi connectivity index (χ0) is 26.0. The number of hydrogen-bond acceptors (Lipinski definition) is 6. The number of H-pyrrole nitrogens is 1. The van der Waals surface area contributed by atoms with Crippen LogP contribution in [0.2, 0.25) is 0 Å². The minimum absolute atomic E-state index is 0.0796. The number of methoxy groups -OCH3 is 1. The fourth-order valence-corrected chi connectivity index (χ4v) is 4.66. The first kappa shape index (κ1) is 25.6. The van der Waals surface area contributed by atoms with Gasteiger partial charge in [0.2, 0.25) is 0 Å². The van der Waals surface area contributed by atoms with Gasteiger partial charge in [-0.3, -0.25) is 9.69 Å². The van der Waals surface area contributed by atoms with E-state index in [1.807, 2.05) is 35.0 Å². The Kier molecular flexibility index (Phi) is 7.26. The molecule has 0 saturated carbocycles. The van der Waals surface area contributed by atoms with Crippen molar-refractivity contribution >= 4 is 10.9 Å². The van der Waals surface area contributed by atoms with E-state index in [4.69, 9.17) is 4.74 Å². The van der Waals surface area contributed by atoms with E-state index in [1.54, 1.807) is 7.11 Å². The predicted molar refractivity (Wildman–Crippen MR) is 142 cm³/mol. The number of aryl methyl sites for hydroxylation is 1. The molecule has 0 spiro atoms. The molecular formula is C28H36N6O2. The summed E-state index contributed by atoms with van der Waals surface area (Å²) in [5.41, 5.74) is 3.46. The van der Waals surface area contributed by atoms with Gasteiger partial charge in [0, 0.05) is 24.2 Å². The lowest BCUT2D eigenvalue weighted by molar-refractivity contribution is 0.119. The van der Waals surface area contributed by atoms with Gasteiger partial charge >= 0.3 is 0 Å². The first-order valence-electron chi connectivity index (χ1n) is 12.3. The van der Waals surface area contributed by atoms with Gasteiger partial charge in [-0.05, 0) is 85.3 Å². The first-order valence-corrected chi connectivity index (χ1v) is 12.3. The van der Waals surface area contributed by atoms with Gasteiger partial charge in [0.1, 0.15) is 5.75 Å². The van der Waals surface area contributed by atoms with Crippen molar-refractivity contribution in [1.29, 1.82) is 0 Å². The number of hydrogen-bond donors (Lipinski definition) is 1. The summed E-state index contributed by atoms with van der Waals surface area (Å²) >= 11 is 0. The lowest BCUT2D eigenvalue weighted by Gasteiger charge is -2.35. The zero-order valence-corrected chi connectivity index (χ0v) is 22.2. The minimum atomic E-state index is -0.282. The highest BCUT2D eigenvalue weighted by Crippen LogP contribution is 2.32. The summed E-state index contributed by atoms with van der Waals surface area (Å²) < 4.78 is 7.24. The van der Waals surface area contributed by atoms with Crippen LogP contribution in [0.4, 0.5) is 0 Å². The van der Waals surface area contributed by atoms with E-state index in [0.29, 0.717) is 18.7 Å². The van der Waals surface area contributed by atoms with Crippen LogP contribution < -0.4 is 10.3 Å². The van der Waals surface area contributed by atoms with Crippen molar-refractivity contribution in [3.8, 4) is 5.75 Å². The number of nitrogens with zero attached hydrogens (tertiary/aromatic N) is 5. The van der Waals surface area contributed by atoms with E-state index in [2.05, 4.69) is 85.2 Å². The number of aromatic nitrogens is 5. The Hall–Kier alpha value is -3.52. The largest absolute Gasteiger partial charge is 0.497 e. The van der Waals surface area contributed by atoms with Gasteiger partial charge in [0.15, 0.2) is 5.82 Å². The highest BCUT2D eigenvalue weighted by Gasteiger charge is 2.33. The van der Waals surface area contributed by atoms with E-state index in [-0.39, 0.29) is 23.1 Å². The Labute approximate surface area is 212 Å². The molecule has 0 fully saturated rings. The molecule has 0 aliphatic rings. The molecule has 8 nitrogen and oxygen atoms in total. The number of tetrazole rings is 1. The SMILES string of the molecule is COc1ccc(CN(Cc2cc3cc(C)ccc3[nH]c2=O)C(c2nnnn2C(C)(C)C)C(C)C)cc1. The van der Waals surface area contributed by atoms with Crippen LogP contribution in [0.1, 0.15) is 63.2 Å². The average Bonchev–Trinajstić information content (AvgIpc) is 3.30. The molecule has 0 bridgehead atoms. The monoisotopic (exact) mass is 488 g/mol. The third-order valence-electron chi connectivity index (χ3n) is 6.41. The number of aromatic amines is 1. The minimum Gasteiger partial charge on any atom is -0.497 e. The van der Waals surface area contributed by atoms with Crippen LogP contribution in [0.25, 0.3) is 10.9 Å². The maximum Gasteiger partial charge on any atom is 0.252 e. The highest BCUT2D eigenvalue weighted by molar-refractivity contribution is 5.79. The predicted octanol–water partition coefficient (Wildman–Crippen LogP) is 4.99. The standard InChI is InChI=1S/C28H36N6O2/c1-18(2)25(26-30-31-32-34(26)28(4,5)6)33(16-20-9-11-23(36-7)12-10-20)17-22-15-21-14-19(3)8-13-24(21)29-27(22)35/h8-15,18,25H,16-17H2,1-7H3,(H,29,35). The van der Waals surface area contributed by atoms with Gasteiger partial charge < -0.3 is 9.72 Å². The third-order valence-corrected chi connectivity index (χ3v) is 6.41. The second-order valence-corrected chi connectivity index (χ2v) is 10.8. The molecule has 2 aromatic carbocycles. The van der Waals surface area contributed by atoms with Crippen LogP contribution in [0.5, 0.6) is 5.75 Å². The molecule has 2 aromatic heterocycles. The summed E-state index contributed by atoms with van der Waals surface area (Å²) in [5, 5.41) is 13.9. The number of nitrogens with one attached hydrogen (secondary N) is 1. The molecule has 1 N–H and O–H groups in total. The molecule has 4 aromatic rings. The smallest absolute Gasteiger partial charge is 0.252 e. The molecule has 36 heavy (non-hydrogen) atoms. The molecule has 0 aliphatic carbocycles. The quantitative estimate of drug-likeness (QED) is 0.376. The van der Waals surface area contributed by atoms with Crippen molar-refractivity contribution in [2.75, 3.05) is 7.11 Å². The molecule has 4 rings (SSSR count). The fraction of sp³-hybridized carbons (Fsp3) is 0.429. The molecule has 0 aliphatic heterocycles. The number of pyridine rings is 1. The third kappa shape index (κ3) is 5.49. The van der Waals surface area contributed by atoms with Crippen molar-refractivity contribution in [1.82, 2.24) is 30.1 Å². The van der Waals surface area contributed by atoms with Crippen molar-refractivity contribution in [3.63, 3.8) is 0 Å². The summed E-state index contributed by atoms with van der Waals surface area (Å²) in [6, 6.07) is 16.0. The van der Waals surface area contributed by atoms with Gasteiger partial charge in [-0.2, -0.15) is 0 Å². The molecule has 2 heterocycles. The van der Waals surface area contributed by atoms with Crippen molar-refractivity contribution in [2.24, 2.45) is 5.92 Å². The zero-order valence-electron chi connectivity index (χ0n) is 22.2. The molecule has 1 atom stereocenters. The molecular weight excluding hydrogens is 452 g/mol. The maximum absolute atomic E-state index is 13.2. The molecule has 8 heteroatoms. The summed E-state index contributed by atoms with van der Waals surface area (Å²) in [4.78, 5) is 18.5. The Morgan fingerprint density at radius 3 is 2.42 bits per heavy atom. The average molecular weight is 489 g/mol. The van der Waals surface area contributed by atoms with E-state index >= 15 is 0 Å². The van der Waals surface area contributed by atoms with Crippen LogP contribution >= 0.6 is 0 Å². The number of fused-ring (bicyclic) bond motifs is 1.